The molecule has 2 heterocycles. The summed E-state index contributed by atoms with van der Waals surface area (Å²) in [6, 6.07) is 7.52. The first-order valence-electron chi connectivity index (χ1n) is 7.01. The Kier molecular flexibility index (Phi) is 4.08. The van der Waals surface area contributed by atoms with Crippen molar-refractivity contribution in [3.05, 3.63) is 46.4 Å². The van der Waals surface area contributed by atoms with Gasteiger partial charge in [-0.3, -0.25) is 0 Å². The Hall–Kier alpha value is -1.65. The minimum absolute atomic E-state index is 0.122. The highest BCUT2D eigenvalue weighted by atomic mass is 35.5. The van der Waals surface area contributed by atoms with Crippen molar-refractivity contribution in [2.24, 2.45) is 0 Å². The Morgan fingerprint density at radius 3 is 2.48 bits per heavy atom. The molecule has 1 aliphatic rings. The molecule has 5 heteroatoms. The zero-order valence-electron chi connectivity index (χ0n) is 12.1. The molecule has 0 saturated carbocycles. The number of hydrogen-bond donors (Lipinski definition) is 1. The fourth-order valence-electron chi connectivity index (χ4n) is 2.48. The van der Waals surface area contributed by atoms with Gasteiger partial charge >= 0.3 is 0 Å². The van der Waals surface area contributed by atoms with Gasteiger partial charge < -0.3 is 19.2 Å². The lowest BCUT2D eigenvalue weighted by Crippen LogP contribution is -2.17. The molecule has 0 aliphatic carbocycles. The summed E-state index contributed by atoms with van der Waals surface area (Å²) in [5.41, 5.74) is 0.915. The van der Waals surface area contributed by atoms with Crippen LogP contribution >= 0.6 is 11.6 Å². The number of furan rings is 1. The second-order valence-corrected chi connectivity index (χ2v) is 5.45. The fraction of sp³-hybridized carbons (Fsp3) is 0.375. The molecule has 0 saturated heterocycles. The summed E-state index contributed by atoms with van der Waals surface area (Å²) in [6.45, 7) is 3.22. The number of benzene rings is 1. The third-order valence-electron chi connectivity index (χ3n) is 3.51. The van der Waals surface area contributed by atoms with Crippen LogP contribution in [-0.4, -0.2) is 20.3 Å². The Balaban J connectivity index is 2.02. The lowest BCUT2D eigenvalue weighted by atomic mass is 10.0. The van der Waals surface area contributed by atoms with Crippen LogP contribution in [0.25, 0.3) is 0 Å². The van der Waals surface area contributed by atoms with Crippen LogP contribution in [-0.2, 0) is 0 Å². The maximum absolute atomic E-state index is 6.43. The van der Waals surface area contributed by atoms with E-state index in [0.717, 1.165) is 29.3 Å². The minimum Gasteiger partial charge on any atom is -0.490 e. The van der Waals surface area contributed by atoms with E-state index in [9.17, 15) is 0 Å². The van der Waals surface area contributed by atoms with Crippen molar-refractivity contribution in [3.63, 3.8) is 0 Å². The molecule has 0 amide bonds. The highest BCUT2D eigenvalue weighted by Gasteiger charge is 2.22. The summed E-state index contributed by atoms with van der Waals surface area (Å²) in [4.78, 5) is 0. The monoisotopic (exact) mass is 307 g/mol. The predicted molar refractivity (Wildman–Crippen MR) is 81.4 cm³/mol. The summed E-state index contributed by atoms with van der Waals surface area (Å²) in [6.07, 6.45) is 0.870. The number of nitrogens with one attached hydrogen (secondary N) is 1. The first-order valence-corrected chi connectivity index (χ1v) is 7.39. The van der Waals surface area contributed by atoms with Crippen molar-refractivity contribution in [2.75, 3.05) is 20.3 Å². The summed E-state index contributed by atoms with van der Waals surface area (Å²) in [5, 5.41) is 3.87. The van der Waals surface area contributed by atoms with Crippen LogP contribution in [0.3, 0.4) is 0 Å². The second-order valence-electron chi connectivity index (χ2n) is 5.04. The van der Waals surface area contributed by atoms with E-state index in [1.807, 2.05) is 38.2 Å². The molecule has 0 bridgehead atoms. The second kappa shape index (κ2) is 6.00. The largest absolute Gasteiger partial charge is 0.490 e. The molecule has 1 aliphatic heterocycles. The Bertz CT molecular complexity index is 638. The molecule has 0 radical (unpaired) electrons. The molecule has 1 aromatic carbocycles. The molecule has 0 fully saturated rings. The maximum atomic E-state index is 6.43. The van der Waals surface area contributed by atoms with Gasteiger partial charge in [-0.2, -0.15) is 0 Å². The first kappa shape index (κ1) is 14.3. The van der Waals surface area contributed by atoms with Crippen LogP contribution < -0.4 is 14.8 Å². The highest BCUT2D eigenvalue weighted by Crippen LogP contribution is 2.39. The molecule has 0 spiro atoms. The van der Waals surface area contributed by atoms with Crippen LogP contribution in [0.1, 0.15) is 29.5 Å². The van der Waals surface area contributed by atoms with E-state index in [2.05, 4.69) is 5.32 Å². The molecule has 21 heavy (non-hydrogen) atoms. The van der Waals surface area contributed by atoms with Gasteiger partial charge in [0.2, 0.25) is 0 Å². The maximum Gasteiger partial charge on any atom is 0.162 e. The Labute approximate surface area is 129 Å². The lowest BCUT2D eigenvalue weighted by Gasteiger charge is -2.18. The van der Waals surface area contributed by atoms with E-state index in [0.29, 0.717) is 24.0 Å². The van der Waals surface area contributed by atoms with Gasteiger partial charge in [0, 0.05) is 17.5 Å². The fourth-order valence-corrected chi connectivity index (χ4v) is 2.74. The zero-order chi connectivity index (χ0) is 14.8. The molecular weight excluding hydrogens is 290 g/mol. The number of hydrogen-bond acceptors (Lipinski definition) is 4. The van der Waals surface area contributed by atoms with Gasteiger partial charge in [-0.1, -0.05) is 11.6 Å². The van der Waals surface area contributed by atoms with Gasteiger partial charge in [0.25, 0.3) is 0 Å². The topological polar surface area (TPSA) is 43.6 Å². The zero-order valence-corrected chi connectivity index (χ0v) is 12.9. The van der Waals surface area contributed by atoms with Crippen molar-refractivity contribution in [2.45, 2.75) is 19.4 Å². The van der Waals surface area contributed by atoms with Gasteiger partial charge in [-0.15, -0.1) is 0 Å². The molecule has 1 unspecified atom stereocenters. The molecule has 1 atom stereocenters. The van der Waals surface area contributed by atoms with Gasteiger partial charge in [0.1, 0.15) is 11.5 Å². The average molecular weight is 308 g/mol. The number of rotatable bonds is 3. The summed E-state index contributed by atoms with van der Waals surface area (Å²) in [7, 11) is 1.88. The normalized spacial score (nSPS) is 15.6. The van der Waals surface area contributed by atoms with E-state index in [4.69, 9.17) is 25.5 Å². The van der Waals surface area contributed by atoms with Crippen molar-refractivity contribution >= 4 is 11.6 Å². The smallest absolute Gasteiger partial charge is 0.162 e. The SMILES string of the molecule is CNC(c1ccc(C)o1)c1cc2c(cc1Cl)OCCCO2. The number of aryl methyl sites for hydroxylation is 1. The van der Waals surface area contributed by atoms with Gasteiger partial charge in [0.05, 0.1) is 19.3 Å². The van der Waals surface area contributed by atoms with E-state index in [1.54, 1.807) is 0 Å². The van der Waals surface area contributed by atoms with E-state index >= 15 is 0 Å². The van der Waals surface area contributed by atoms with Crippen molar-refractivity contribution in [1.29, 1.82) is 0 Å². The van der Waals surface area contributed by atoms with Gasteiger partial charge in [-0.25, -0.2) is 0 Å². The molecule has 3 rings (SSSR count). The first-order chi connectivity index (χ1) is 10.2. The number of fused-ring (bicyclic) bond motifs is 1. The highest BCUT2D eigenvalue weighted by molar-refractivity contribution is 6.31. The van der Waals surface area contributed by atoms with Crippen LogP contribution in [0.2, 0.25) is 5.02 Å². The molecular formula is C16H18ClNO3. The molecule has 1 aromatic heterocycles. The minimum atomic E-state index is -0.122. The standard InChI is InChI=1S/C16H18ClNO3/c1-10-4-5-13(21-10)16(18-2)11-8-14-15(9-12(11)17)20-7-3-6-19-14/h4-5,8-9,16,18H,3,6-7H2,1-2H3. The van der Waals surface area contributed by atoms with Gasteiger partial charge in [-0.05, 0) is 37.7 Å². The number of halogens is 1. The van der Waals surface area contributed by atoms with Crippen molar-refractivity contribution < 1.29 is 13.9 Å². The molecule has 4 nitrogen and oxygen atoms in total. The molecule has 1 N–H and O–H groups in total. The van der Waals surface area contributed by atoms with Crippen LogP contribution in [0.4, 0.5) is 0 Å². The third kappa shape index (κ3) is 2.87. The van der Waals surface area contributed by atoms with Crippen molar-refractivity contribution in [3.8, 4) is 11.5 Å². The number of ether oxygens (including phenoxy) is 2. The molecule has 2 aromatic rings. The van der Waals surface area contributed by atoms with Gasteiger partial charge in [0.15, 0.2) is 11.5 Å². The Morgan fingerprint density at radius 1 is 1.14 bits per heavy atom. The van der Waals surface area contributed by atoms with Crippen molar-refractivity contribution in [1.82, 2.24) is 5.32 Å². The van der Waals surface area contributed by atoms with Crippen LogP contribution in [0.15, 0.2) is 28.7 Å². The lowest BCUT2D eigenvalue weighted by molar-refractivity contribution is 0.297. The average Bonchev–Trinajstić information content (AvgIpc) is 2.76. The summed E-state index contributed by atoms with van der Waals surface area (Å²) in [5.74, 6) is 3.13. The van der Waals surface area contributed by atoms with Crippen LogP contribution in [0.5, 0.6) is 11.5 Å². The quantitative estimate of drug-likeness (QED) is 0.938. The van der Waals surface area contributed by atoms with E-state index in [1.165, 1.54) is 0 Å². The van der Waals surface area contributed by atoms with E-state index in [-0.39, 0.29) is 6.04 Å². The van der Waals surface area contributed by atoms with Crippen LogP contribution in [0, 0.1) is 6.92 Å². The molecule has 112 valence electrons. The summed E-state index contributed by atoms with van der Waals surface area (Å²) < 4.78 is 17.1. The summed E-state index contributed by atoms with van der Waals surface area (Å²) >= 11 is 6.43. The predicted octanol–water partition coefficient (Wildman–Crippen LogP) is 3.71. The third-order valence-corrected chi connectivity index (χ3v) is 3.84. The van der Waals surface area contributed by atoms with E-state index < -0.39 is 0 Å². The Morgan fingerprint density at radius 2 is 1.86 bits per heavy atom.